The lowest BCUT2D eigenvalue weighted by Gasteiger charge is -2.20. The van der Waals surface area contributed by atoms with Gasteiger partial charge in [-0.05, 0) is 84.9 Å². The summed E-state index contributed by atoms with van der Waals surface area (Å²) in [5, 5.41) is 6.85. The van der Waals surface area contributed by atoms with Crippen LogP contribution in [0, 0.1) is 0 Å². The molecule has 0 unspecified atom stereocenters. The van der Waals surface area contributed by atoms with E-state index in [2.05, 4.69) is 123 Å². The zero-order valence-electron chi connectivity index (χ0n) is 33.6. The summed E-state index contributed by atoms with van der Waals surface area (Å²) in [4.78, 5) is 19.1. The summed E-state index contributed by atoms with van der Waals surface area (Å²) in [6, 6.07) is 62.5. The van der Waals surface area contributed by atoms with Gasteiger partial charge >= 0.3 is 0 Å². The second-order valence-electron chi connectivity index (χ2n) is 15.9. The first-order valence-electron chi connectivity index (χ1n) is 20.9. The Morgan fingerprint density at radius 1 is 0.317 bits per heavy atom. The fourth-order valence-electron chi connectivity index (χ4n) is 9.72. The molecule has 0 spiro atoms. The fraction of sp³-hybridized carbons (Fsp3) is 0. The predicted molar refractivity (Wildman–Crippen MR) is 258 cm³/mol. The number of aromatic nitrogens is 7. The summed E-state index contributed by atoms with van der Waals surface area (Å²) in [7, 11) is -3.20. The second-order valence-corrected chi connectivity index (χ2v) is 18.6. The van der Waals surface area contributed by atoms with Crippen LogP contribution in [0.15, 0.2) is 207 Å². The van der Waals surface area contributed by atoms with Crippen molar-refractivity contribution in [3.8, 4) is 17.1 Å². The first kappa shape index (κ1) is 35.6. The largest absolute Gasteiger partial charge is 0.309 e. The molecule has 13 aromatic rings. The van der Waals surface area contributed by atoms with E-state index in [4.69, 9.17) is 19.9 Å². The number of para-hydroxylation sites is 2. The zero-order valence-corrected chi connectivity index (χ0v) is 34.5. The van der Waals surface area contributed by atoms with Crippen LogP contribution >= 0.6 is 7.14 Å². The van der Waals surface area contributed by atoms with Gasteiger partial charge in [-0.1, -0.05) is 97.1 Å². The molecule has 0 aliphatic heterocycles. The van der Waals surface area contributed by atoms with Crippen LogP contribution in [0.25, 0.3) is 93.8 Å². The highest BCUT2D eigenvalue weighted by Gasteiger charge is 2.30. The van der Waals surface area contributed by atoms with Gasteiger partial charge in [0.1, 0.15) is 0 Å². The first-order chi connectivity index (χ1) is 31.1. The molecule has 0 saturated carbocycles. The maximum Gasteiger partial charge on any atom is 0.171 e. The molecule has 0 saturated heterocycles. The van der Waals surface area contributed by atoms with E-state index < -0.39 is 7.14 Å². The Morgan fingerprint density at radius 2 is 0.667 bits per heavy atom. The average molecular weight is 828 g/mol. The van der Waals surface area contributed by atoms with Crippen LogP contribution in [0.1, 0.15) is 0 Å². The summed E-state index contributed by atoms with van der Waals surface area (Å²) in [6.07, 6.45) is 6.96. The van der Waals surface area contributed by atoms with Crippen molar-refractivity contribution in [2.75, 3.05) is 0 Å². The van der Waals surface area contributed by atoms with Crippen molar-refractivity contribution in [2.45, 2.75) is 0 Å². The molecule has 0 amide bonds. The van der Waals surface area contributed by atoms with Crippen LogP contribution in [-0.2, 0) is 4.57 Å². The second kappa shape index (κ2) is 13.7. The Morgan fingerprint density at radius 3 is 1.11 bits per heavy atom. The van der Waals surface area contributed by atoms with Gasteiger partial charge in [-0.3, -0.25) is 19.9 Å². The van der Waals surface area contributed by atoms with Gasteiger partial charge in [0.2, 0.25) is 0 Å². The third-order valence-electron chi connectivity index (χ3n) is 12.5. The minimum Gasteiger partial charge on any atom is -0.309 e. The van der Waals surface area contributed by atoms with E-state index in [9.17, 15) is 0 Å². The third-order valence-corrected chi connectivity index (χ3v) is 15.6. The lowest BCUT2D eigenvalue weighted by atomic mass is 10.2. The molecule has 8 nitrogen and oxygen atoms in total. The summed E-state index contributed by atoms with van der Waals surface area (Å²) in [6.45, 7) is 0. The zero-order chi connectivity index (χ0) is 41.6. The molecule has 5 aromatic heterocycles. The molecule has 0 atom stereocenters. The molecule has 5 heterocycles. The highest BCUT2D eigenvalue weighted by molar-refractivity contribution is 7.85. The van der Waals surface area contributed by atoms with Crippen molar-refractivity contribution in [2.24, 2.45) is 0 Å². The topological polar surface area (TPSA) is 83.4 Å². The number of benzene rings is 8. The number of hydrogen-bond donors (Lipinski definition) is 0. The normalized spacial score (nSPS) is 12.2. The molecule has 63 heavy (non-hydrogen) atoms. The number of fused-ring (bicyclic) bond motifs is 10. The predicted octanol–water partition coefficient (Wildman–Crippen LogP) is 11.4. The van der Waals surface area contributed by atoms with Crippen molar-refractivity contribution < 1.29 is 4.57 Å². The molecular formula is C54H34N7OP. The van der Waals surface area contributed by atoms with Crippen molar-refractivity contribution in [1.82, 2.24) is 33.6 Å². The average Bonchev–Trinajstić information content (AvgIpc) is 3.98. The molecule has 0 fully saturated rings. The third kappa shape index (κ3) is 5.25. The van der Waals surface area contributed by atoms with Crippen molar-refractivity contribution in [1.29, 1.82) is 0 Å². The molecule has 0 radical (unpaired) electrons. The van der Waals surface area contributed by atoms with Crippen LogP contribution < -0.4 is 15.9 Å². The molecule has 8 aromatic carbocycles. The van der Waals surface area contributed by atoms with Gasteiger partial charge < -0.3 is 18.3 Å². The van der Waals surface area contributed by atoms with E-state index in [1.807, 2.05) is 72.8 Å². The standard InChI is InChI=1S/C54H34N7OP/c62-63(38-11-3-1-4-12-38,39-13-5-2-6-14-39)40-25-23-37(24-26-40)61-52-34-48-46(56-28-30-58-48)32-44(52)53-54(61)43-31-45-47(57-29-27-55-45)33-51(43)60(53)36-21-19-35(20-22-36)59-49-17-9-7-15-41(49)42-16-8-10-18-50(42)59/h1-34H. The van der Waals surface area contributed by atoms with Crippen LogP contribution in [-0.4, -0.2) is 33.6 Å². The van der Waals surface area contributed by atoms with Crippen LogP contribution in [0.2, 0.25) is 0 Å². The molecule has 0 N–H and O–H groups in total. The molecule has 0 bridgehead atoms. The fourth-order valence-corrected chi connectivity index (χ4v) is 12.4. The quantitative estimate of drug-likeness (QED) is 0.156. The van der Waals surface area contributed by atoms with Gasteiger partial charge in [0.05, 0.1) is 55.2 Å². The van der Waals surface area contributed by atoms with Gasteiger partial charge in [0, 0.05) is 79.3 Å². The summed E-state index contributed by atoms with van der Waals surface area (Å²) < 4.78 is 22.4. The van der Waals surface area contributed by atoms with Crippen LogP contribution in [0.3, 0.4) is 0 Å². The maximum absolute atomic E-state index is 15.4. The molecule has 296 valence electrons. The Labute approximate surface area is 360 Å². The Balaban J connectivity index is 1.08. The molecule has 9 heteroatoms. The maximum atomic E-state index is 15.4. The van der Waals surface area contributed by atoms with E-state index >= 15 is 4.57 Å². The highest BCUT2D eigenvalue weighted by atomic mass is 31.2. The van der Waals surface area contributed by atoms with Gasteiger partial charge in [0.15, 0.2) is 7.14 Å². The van der Waals surface area contributed by atoms with Gasteiger partial charge in [-0.25, -0.2) is 0 Å². The molecule has 0 aliphatic rings. The van der Waals surface area contributed by atoms with E-state index in [1.165, 1.54) is 10.8 Å². The first-order valence-corrected chi connectivity index (χ1v) is 22.6. The van der Waals surface area contributed by atoms with Gasteiger partial charge in [-0.15, -0.1) is 0 Å². The smallest absolute Gasteiger partial charge is 0.171 e. The van der Waals surface area contributed by atoms with Gasteiger partial charge in [0.25, 0.3) is 0 Å². The Kier molecular flexibility index (Phi) is 7.71. The monoisotopic (exact) mass is 827 g/mol. The lowest BCUT2D eigenvalue weighted by molar-refractivity contribution is 0.592. The molecular weight excluding hydrogens is 794 g/mol. The summed E-state index contributed by atoms with van der Waals surface area (Å²) in [5.41, 5.74) is 12.6. The van der Waals surface area contributed by atoms with Crippen molar-refractivity contribution >= 4 is 99.8 Å². The van der Waals surface area contributed by atoms with E-state index in [1.54, 1.807) is 24.8 Å². The van der Waals surface area contributed by atoms with E-state index in [-0.39, 0.29) is 0 Å². The highest BCUT2D eigenvalue weighted by Crippen LogP contribution is 2.45. The van der Waals surface area contributed by atoms with E-state index in [0.29, 0.717) is 0 Å². The lowest BCUT2D eigenvalue weighted by Crippen LogP contribution is -2.24. The van der Waals surface area contributed by atoms with Crippen LogP contribution in [0.5, 0.6) is 0 Å². The Hall–Kier alpha value is -8.19. The van der Waals surface area contributed by atoms with Gasteiger partial charge in [-0.2, -0.15) is 0 Å². The molecule has 0 aliphatic carbocycles. The summed E-state index contributed by atoms with van der Waals surface area (Å²) in [5.74, 6) is 0. The molecule has 13 rings (SSSR count). The summed E-state index contributed by atoms with van der Waals surface area (Å²) >= 11 is 0. The van der Waals surface area contributed by atoms with Crippen LogP contribution in [0.4, 0.5) is 0 Å². The van der Waals surface area contributed by atoms with E-state index in [0.717, 1.165) is 98.9 Å². The SMILES string of the molecule is O=P(c1ccccc1)(c1ccccc1)c1ccc(-n2c3cc4nccnc4cc3c3c2c2cc4nccnc4cc2n3-c2ccc(-n3c4ccccc4c4ccccc43)cc2)cc1. The van der Waals surface area contributed by atoms with Crippen molar-refractivity contribution in [3.05, 3.63) is 207 Å². The minimum absolute atomic E-state index is 0.764. The number of nitrogens with zero attached hydrogens (tertiary/aromatic N) is 7. The number of rotatable bonds is 6. The Bertz CT molecular complexity index is 3870. The van der Waals surface area contributed by atoms with Crippen molar-refractivity contribution in [3.63, 3.8) is 0 Å². The number of hydrogen-bond acceptors (Lipinski definition) is 5. The minimum atomic E-state index is -3.20.